The first-order chi connectivity index (χ1) is 13.0. The van der Waals surface area contributed by atoms with Gasteiger partial charge in [0.2, 0.25) is 10.0 Å². The van der Waals surface area contributed by atoms with Crippen LogP contribution < -0.4 is 4.72 Å². The van der Waals surface area contributed by atoms with Crippen LogP contribution >= 0.6 is 0 Å². The number of likely N-dealkylation sites (tertiary alicyclic amines) is 1. The summed E-state index contributed by atoms with van der Waals surface area (Å²) in [6, 6.07) is 4.43. The third kappa shape index (κ3) is 4.68. The van der Waals surface area contributed by atoms with Gasteiger partial charge in [-0.15, -0.1) is 5.10 Å². The highest BCUT2D eigenvalue weighted by atomic mass is 32.2. The molecule has 0 saturated carbocycles. The van der Waals surface area contributed by atoms with Gasteiger partial charge in [-0.05, 0) is 25.0 Å². The highest BCUT2D eigenvalue weighted by Crippen LogP contribution is 2.33. The van der Waals surface area contributed by atoms with Gasteiger partial charge in [0.05, 0.1) is 23.7 Å². The molecule has 1 aliphatic rings. The number of halogens is 3. The first-order valence-corrected chi connectivity index (χ1v) is 10.3. The number of aromatic nitrogens is 3. The van der Waals surface area contributed by atoms with Crippen LogP contribution in [0.5, 0.6) is 0 Å². The third-order valence-corrected chi connectivity index (χ3v) is 5.02. The Bertz CT molecular complexity index is 974. The van der Waals surface area contributed by atoms with Gasteiger partial charge >= 0.3 is 6.18 Å². The Morgan fingerprint density at radius 2 is 2.00 bits per heavy atom. The van der Waals surface area contributed by atoms with E-state index in [-0.39, 0.29) is 17.9 Å². The summed E-state index contributed by atoms with van der Waals surface area (Å²) >= 11 is 0. The lowest BCUT2D eigenvalue weighted by atomic mass is 10.1. The number of para-hydroxylation sites is 1. The standard InChI is InChI=1S/C16H18F3N5O3S/c1-28(26,27)21-11-5-4-8-23(9-11)15(25)13-10-24(22-20-13)14-7-3-2-6-12(14)16(17,18)19/h2-3,6-7,10-11,21H,4-5,8-9H2,1H3/t11-/m1/s1. The lowest BCUT2D eigenvalue weighted by Gasteiger charge is -2.32. The number of nitrogens with zero attached hydrogens (tertiary/aromatic N) is 4. The summed E-state index contributed by atoms with van der Waals surface area (Å²) in [7, 11) is -3.41. The smallest absolute Gasteiger partial charge is 0.336 e. The Hall–Kier alpha value is -2.47. The maximum Gasteiger partial charge on any atom is 0.418 e. The number of hydrogen-bond acceptors (Lipinski definition) is 5. The van der Waals surface area contributed by atoms with E-state index in [0.717, 1.165) is 23.2 Å². The second kappa shape index (κ2) is 7.51. The molecule has 3 rings (SSSR count). The van der Waals surface area contributed by atoms with E-state index in [9.17, 15) is 26.4 Å². The summed E-state index contributed by atoms with van der Waals surface area (Å²) in [5, 5.41) is 7.37. The van der Waals surface area contributed by atoms with E-state index < -0.39 is 33.7 Å². The number of piperidine rings is 1. The molecule has 2 heterocycles. The van der Waals surface area contributed by atoms with Crippen molar-refractivity contribution in [2.75, 3.05) is 19.3 Å². The van der Waals surface area contributed by atoms with Gasteiger partial charge < -0.3 is 4.90 Å². The van der Waals surface area contributed by atoms with Gasteiger partial charge in [-0.1, -0.05) is 17.3 Å². The molecule has 1 atom stereocenters. The van der Waals surface area contributed by atoms with Crippen LogP contribution in [0.1, 0.15) is 28.9 Å². The van der Waals surface area contributed by atoms with E-state index in [1.165, 1.54) is 23.1 Å². The molecule has 0 radical (unpaired) electrons. The predicted octanol–water partition coefficient (Wildman–Crippen LogP) is 1.44. The minimum atomic E-state index is -4.58. The Labute approximate surface area is 159 Å². The quantitative estimate of drug-likeness (QED) is 0.812. The SMILES string of the molecule is CS(=O)(=O)N[C@@H]1CCCN(C(=O)c2cn(-c3ccccc3C(F)(F)F)nn2)C1. The fraction of sp³-hybridized carbons (Fsp3) is 0.438. The predicted molar refractivity (Wildman–Crippen MR) is 93.3 cm³/mol. The maximum absolute atomic E-state index is 13.2. The zero-order valence-corrected chi connectivity index (χ0v) is 15.7. The second-order valence-electron chi connectivity index (χ2n) is 6.54. The number of carbonyl (C=O) groups is 1. The molecule has 12 heteroatoms. The molecule has 1 N–H and O–H groups in total. The molecular weight excluding hydrogens is 399 g/mol. The molecule has 1 aliphatic heterocycles. The molecule has 1 amide bonds. The Kier molecular flexibility index (Phi) is 5.44. The number of hydrogen-bond donors (Lipinski definition) is 1. The summed E-state index contributed by atoms with van der Waals surface area (Å²) < 4.78 is 65.7. The van der Waals surface area contributed by atoms with Crippen molar-refractivity contribution in [1.82, 2.24) is 24.6 Å². The van der Waals surface area contributed by atoms with Crippen molar-refractivity contribution in [2.45, 2.75) is 25.1 Å². The zero-order chi connectivity index (χ0) is 20.5. The van der Waals surface area contributed by atoms with Crippen molar-refractivity contribution < 1.29 is 26.4 Å². The molecule has 1 fully saturated rings. The zero-order valence-electron chi connectivity index (χ0n) is 14.8. The monoisotopic (exact) mass is 417 g/mol. The molecule has 1 saturated heterocycles. The van der Waals surface area contributed by atoms with Crippen molar-refractivity contribution in [2.24, 2.45) is 0 Å². The Morgan fingerprint density at radius 1 is 1.29 bits per heavy atom. The van der Waals surface area contributed by atoms with Crippen molar-refractivity contribution in [1.29, 1.82) is 0 Å². The average Bonchev–Trinajstić information content (AvgIpc) is 3.09. The van der Waals surface area contributed by atoms with Crippen LogP contribution in [0.4, 0.5) is 13.2 Å². The van der Waals surface area contributed by atoms with Gasteiger partial charge in [0, 0.05) is 19.1 Å². The normalized spacial score (nSPS) is 18.3. The molecule has 8 nitrogen and oxygen atoms in total. The van der Waals surface area contributed by atoms with Gasteiger partial charge in [0.25, 0.3) is 5.91 Å². The third-order valence-electron chi connectivity index (χ3n) is 4.26. The van der Waals surface area contributed by atoms with E-state index in [1.54, 1.807) is 0 Å². The highest BCUT2D eigenvalue weighted by Gasteiger charge is 2.34. The molecular formula is C16H18F3N5O3S. The molecule has 28 heavy (non-hydrogen) atoms. The van der Waals surface area contributed by atoms with E-state index in [2.05, 4.69) is 15.0 Å². The van der Waals surface area contributed by atoms with Crippen LogP contribution in [0, 0.1) is 0 Å². The van der Waals surface area contributed by atoms with Crippen molar-refractivity contribution in [3.05, 3.63) is 41.7 Å². The van der Waals surface area contributed by atoms with Gasteiger partial charge in [0.1, 0.15) is 0 Å². The summed E-state index contributed by atoms with van der Waals surface area (Å²) in [6.07, 6.45) is -1.23. The summed E-state index contributed by atoms with van der Waals surface area (Å²) in [5.74, 6) is -0.518. The number of benzene rings is 1. The first kappa shape index (κ1) is 20.3. The van der Waals surface area contributed by atoms with E-state index >= 15 is 0 Å². The van der Waals surface area contributed by atoms with Crippen LogP contribution in [-0.2, 0) is 16.2 Å². The molecule has 0 spiro atoms. The summed E-state index contributed by atoms with van der Waals surface area (Å²) in [6.45, 7) is 0.546. The molecule has 1 aromatic heterocycles. The number of sulfonamides is 1. The molecule has 0 aliphatic carbocycles. The van der Waals surface area contributed by atoms with Crippen LogP contribution in [0.2, 0.25) is 0 Å². The fourth-order valence-electron chi connectivity index (χ4n) is 3.12. The minimum Gasteiger partial charge on any atom is -0.336 e. The lowest BCUT2D eigenvalue weighted by molar-refractivity contribution is -0.137. The molecule has 0 unspecified atom stereocenters. The van der Waals surface area contributed by atoms with Crippen LogP contribution in [-0.4, -0.2) is 59.6 Å². The topological polar surface area (TPSA) is 97.2 Å². The van der Waals surface area contributed by atoms with E-state index in [0.29, 0.717) is 19.4 Å². The molecule has 2 aromatic rings. The lowest BCUT2D eigenvalue weighted by Crippen LogP contribution is -2.49. The minimum absolute atomic E-state index is 0.114. The van der Waals surface area contributed by atoms with Crippen LogP contribution in [0.25, 0.3) is 5.69 Å². The second-order valence-corrected chi connectivity index (χ2v) is 8.32. The number of nitrogens with one attached hydrogen (secondary N) is 1. The number of carbonyl (C=O) groups excluding carboxylic acids is 1. The fourth-order valence-corrected chi connectivity index (χ4v) is 3.91. The van der Waals surface area contributed by atoms with Gasteiger partial charge in [-0.25, -0.2) is 17.8 Å². The molecule has 152 valence electrons. The van der Waals surface area contributed by atoms with Gasteiger partial charge in [-0.3, -0.25) is 4.79 Å². The largest absolute Gasteiger partial charge is 0.418 e. The first-order valence-electron chi connectivity index (χ1n) is 8.40. The van der Waals surface area contributed by atoms with Gasteiger partial charge in [-0.2, -0.15) is 13.2 Å². The molecule has 0 bridgehead atoms. The van der Waals surface area contributed by atoms with Crippen LogP contribution in [0.3, 0.4) is 0 Å². The number of rotatable bonds is 4. The summed E-state index contributed by atoms with van der Waals surface area (Å²) in [5.41, 5.74) is -1.25. The average molecular weight is 417 g/mol. The van der Waals surface area contributed by atoms with E-state index in [1.807, 2.05) is 0 Å². The van der Waals surface area contributed by atoms with Gasteiger partial charge in [0.15, 0.2) is 5.69 Å². The highest BCUT2D eigenvalue weighted by molar-refractivity contribution is 7.88. The van der Waals surface area contributed by atoms with E-state index in [4.69, 9.17) is 0 Å². The number of alkyl halides is 3. The van der Waals surface area contributed by atoms with Crippen molar-refractivity contribution in [3.8, 4) is 5.69 Å². The van der Waals surface area contributed by atoms with Crippen molar-refractivity contribution in [3.63, 3.8) is 0 Å². The van der Waals surface area contributed by atoms with Crippen LogP contribution in [0.15, 0.2) is 30.5 Å². The Balaban J connectivity index is 1.80. The Morgan fingerprint density at radius 3 is 2.68 bits per heavy atom. The molecule has 1 aromatic carbocycles. The number of amides is 1. The maximum atomic E-state index is 13.2. The van der Waals surface area contributed by atoms with Crippen molar-refractivity contribution >= 4 is 15.9 Å². The summed E-state index contributed by atoms with van der Waals surface area (Å²) in [4.78, 5) is 14.1.